The van der Waals surface area contributed by atoms with Gasteiger partial charge in [-0.25, -0.2) is 9.18 Å². The zero-order valence-corrected chi connectivity index (χ0v) is 17.1. The van der Waals surface area contributed by atoms with Crippen molar-refractivity contribution in [3.8, 4) is 0 Å². The number of halogens is 1. The van der Waals surface area contributed by atoms with Crippen molar-refractivity contribution in [1.82, 2.24) is 15.1 Å². The van der Waals surface area contributed by atoms with Gasteiger partial charge >= 0.3 is 5.97 Å². The molecule has 1 amide bonds. The lowest BCUT2D eigenvalue weighted by atomic mass is 10.2. The van der Waals surface area contributed by atoms with E-state index >= 15 is 0 Å². The second-order valence-electron chi connectivity index (χ2n) is 7.47. The normalized spacial score (nSPS) is 14.7. The van der Waals surface area contributed by atoms with Gasteiger partial charge in [0.15, 0.2) is 6.61 Å². The molecule has 1 aliphatic carbocycles. The molecule has 8 heteroatoms. The number of benzene rings is 1. The van der Waals surface area contributed by atoms with E-state index in [0.717, 1.165) is 34.3 Å². The number of rotatable bonds is 7. The van der Waals surface area contributed by atoms with E-state index < -0.39 is 5.97 Å². The van der Waals surface area contributed by atoms with Crippen LogP contribution in [0.4, 0.5) is 4.39 Å². The quantitative estimate of drug-likeness (QED) is 0.598. The van der Waals surface area contributed by atoms with E-state index in [4.69, 9.17) is 4.74 Å². The highest BCUT2D eigenvalue weighted by atomic mass is 32.1. The number of aryl methyl sites for hydroxylation is 1. The second-order valence-corrected chi connectivity index (χ2v) is 8.50. The first-order valence-corrected chi connectivity index (χ1v) is 10.4. The molecule has 1 aliphatic rings. The van der Waals surface area contributed by atoms with E-state index in [0.29, 0.717) is 17.3 Å². The maximum absolute atomic E-state index is 13.1. The SMILES string of the molecule is Cc1nn(Cc2ccc(F)cc2)c2sc(C(=O)OCC(=O)N[C@@H](C)C3CC3)cc12. The van der Waals surface area contributed by atoms with Gasteiger partial charge in [0.05, 0.1) is 12.2 Å². The van der Waals surface area contributed by atoms with Crippen molar-refractivity contribution in [1.29, 1.82) is 0 Å². The number of ether oxygens (including phenoxy) is 1. The minimum absolute atomic E-state index is 0.116. The van der Waals surface area contributed by atoms with Crippen molar-refractivity contribution in [2.75, 3.05) is 6.61 Å². The van der Waals surface area contributed by atoms with Gasteiger partial charge in [-0.1, -0.05) is 12.1 Å². The molecular formula is C21H22FN3O3S. The Kier molecular flexibility index (Phi) is 5.36. The second kappa shape index (κ2) is 7.94. The molecule has 4 rings (SSSR count). The summed E-state index contributed by atoms with van der Waals surface area (Å²) in [7, 11) is 0. The number of nitrogens with one attached hydrogen (secondary N) is 1. The zero-order chi connectivity index (χ0) is 20.5. The monoisotopic (exact) mass is 415 g/mol. The molecule has 29 heavy (non-hydrogen) atoms. The predicted molar refractivity (Wildman–Crippen MR) is 108 cm³/mol. The number of amides is 1. The Bertz CT molecular complexity index is 1050. The topological polar surface area (TPSA) is 73.2 Å². The summed E-state index contributed by atoms with van der Waals surface area (Å²) in [6.07, 6.45) is 2.27. The number of hydrogen-bond acceptors (Lipinski definition) is 5. The van der Waals surface area contributed by atoms with Crippen LogP contribution in [0.3, 0.4) is 0 Å². The molecule has 0 radical (unpaired) electrons. The van der Waals surface area contributed by atoms with Crippen LogP contribution >= 0.6 is 11.3 Å². The summed E-state index contributed by atoms with van der Waals surface area (Å²) < 4.78 is 20.1. The summed E-state index contributed by atoms with van der Waals surface area (Å²) in [4.78, 5) is 25.6. The summed E-state index contributed by atoms with van der Waals surface area (Å²) >= 11 is 1.28. The van der Waals surface area contributed by atoms with Gasteiger partial charge in [0.1, 0.15) is 15.5 Å². The maximum atomic E-state index is 13.1. The number of esters is 1. The molecule has 1 atom stereocenters. The number of nitrogens with zero attached hydrogens (tertiary/aromatic N) is 2. The Labute approximate surface area is 171 Å². The molecule has 0 unspecified atom stereocenters. The first-order valence-electron chi connectivity index (χ1n) is 9.58. The molecule has 0 saturated heterocycles. The maximum Gasteiger partial charge on any atom is 0.348 e. The highest BCUT2D eigenvalue weighted by molar-refractivity contribution is 7.20. The van der Waals surface area contributed by atoms with Crippen molar-refractivity contribution in [3.63, 3.8) is 0 Å². The van der Waals surface area contributed by atoms with Crippen LogP contribution in [0.2, 0.25) is 0 Å². The molecule has 1 saturated carbocycles. The highest BCUT2D eigenvalue weighted by Crippen LogP contribution is 2.32. The molecule has 0 spiro atoms. The van der Waals surface area contributed by atoms with E-state index in [1.165, 1.54) is 23.5 Å². The molecule has 0 aliphatic heterocycles. The third-order valence-corrected chi connectivity index (χ3v) is 6.23. The average molecular weight is 415 g/mol. The summed E-state index contributed by atoms with van der Waals surface area (Å²) in [6.45, 7) is 4.03. The van der Waals surface area contributed by atoms with Crippen molar-refractivity contribution in [3.05, 3.63) is 52.3 Å². The van der Waals surface area contributed by atoms with Crippen LogP contribution in [0.5, 0.6) is 0 Å². The number of carbonyl (C=O) groups excluding carboxylic acids is 2. The molecule has 2 heterocycles. The smallest absolute Gasteiger partial charge is 0.348 e. The van der Waals surface area contributed by atoms with E-state index in [1.807, 2.05) is 13.8 Å². The Morgan fingerprint density at radius 2 is 2.07 bits per heavy atom. The minimum Gasteiger partial charge on any atom is -0.451 e. The number of thiophene rings is 1. The fraction of sp³-hybridized carbons (Fsp3) is 0.381. The minimum atomic E-state index is -0.520. The van der Waals surface area contributed by atoms with E-state index in [1.54, 1.807) is 22.9 Å². The molecule has 1 aromatic carbocycles. The largest absolute Gasteiger partial charge is 0.451 e. The van der Waals surface area contributed by atoms with Crippen molar-refractivity contribution in [2.24, 2.45) is 5.92 Å². The van der Waals surface area contributed by atoms with Crippen molar-refractivity contribution >= 4 is 33.4 Å². The first kappa shape index (κ1) is 19.6. The molecule has 3 aromatic rings. The van der Waals surface area contributed by atoms with E-state index in [-0.39, 0.29) is 24.4 Å². The summed E-state index contributed by atoms with van der Waals surface area (Å²) in [5.74, 6) is -0.540. The van der Waals surface area contributed by atoms with Gasteiger partial charge in [0.2, 0.25) is 0 Å². The lowest BCUT2D eigenvalue weighted by Crippen LogP contribution is -2.37. The number of carbonyl (C=O) groups is 2. The summed E-state index contributed by atoms with van der Waals surface area (Å²) in [5.41, 5.74) is 1.71. The van der Waals surface area contributed by atoms with Crippen molar-refractivity contribution in [2.45, 2.75) is 39.3 Å². The lowest BCUT2D eigenvalue weighted by Gasteiger charge is -2.12. The Balaban J connectivity index is 1.43. The highest BCUT2D eigenvalue weighted by Gasteiger charge is 2.29. The van der Waals surface area contributed by atoms with Crippen LogP contribution < -0.4 is 5.32 Å². The van der Waals surface area contributed by atoms with Gasteiger partial charge in [-0.2, -0.15) is 5.10 Å². The van der Waals surface area contributed by atoms with Crippen LogP contribution in [0, 0.1) is 18.7 Å². The molecule has 152 valence electrons. The third kappa shape index (κ3) is 4.48. The van der Waals surface area contributed by atoms with Crippen LogP contribution in [0.25, 0.3) is 10.2 Å². The number of hydrogen-bond donors (Lipinski definition) is 1. The van der Waals surface area contributed by atoms with Crippen LogP contribution in [0.1, 0.15) is 40.7 Å². The van der Waals surface area contributed by atoms with Gasteiger partial charge < -0.3 is 10.1 Å². The first-order chi connectivity index (χ1) is 13.9. The van der Waals surface area contributed by atoms with Gasteiger partial charge in [0, 0.05) is 11.4 Å². The molecule has 2 aromatic heterocycles. The Morgan fingerprint density at radius 3 is 2.76 bits per heavy atom. The summed E-state index contributed by atoms with van der Waals surface area (Å²) in [6, 6.07) is 8.11. The fourth-order valence-electron chi connectivity index (χ4n) is 3.30. The molecular weight excluding hydrogens is 393 g/mol. The molecule has 6 nitrogen and oxygen atoms in total. The molecule has 0 bridgehead atoms. The number of fused-ring (bicyclic) bond motifs is 1. The average Bonchev–Trinajstić information content (AvgIpc) is 3.38. The molecule has 1 N–H and O–H groups in total. The molecule has 1 fully saturated rings. The standard InChI is InChI=1S/C21H22FN3O3S/c1-12(15-5-6-15)23-19(26)11-28-21(27)18-9-17-13(2)24-25(20(17)29-18)10-14-3-7-16(22)8-4-14/h3-4,7-9,12,15H,5-6,10-11H2,1-2H3,(H,23,26)/t12-/m0/s1. The van der Waals surface area contributed by atoms with E-state index in [2.05, 4.69) is 10.4 Å². The number of aromatic nitrogens is 2. The van der Waals surface area contributed by atoms with Gasteiger partial charge in [0.25, 0.3) is 5.91 Å². The van der Waals surface area contributed by atoms with Crippen LogP contribution in [-0.2, 0) is 16.1 Å². The lowest BCUT2D eigenvalue weighted by molar-refractivity contribution is -0.124. The van der Waals surface area contributed by atoms with Crippen LogP contribution in [0.15, 0.2) is 30.3 Å². The predicted octanol–water partition coefficient (Wildman–Crippen LogP) is 3.67. The summed E-state index contributed by atoms with van der Waals surface area (Å²) in [5, 5.41) is 8.25. The van der Waals surface area contributed by atoms with E-state index in [9.17, 15) is 14.0 Å². The Hall–Kier alpha value is -2.74. The van der Waals surface area contributed by atoms with Crippen molar-refractivity contribution < 1.29 is 18.7 Å². The van der Waals surface area contributed by atoms with Crippen LogP contribution in [-0.4, -0.2) is 34.3 Å². The third-order valence-electron chi connectivity index (χ3n) is 5.11. The Morgan fingerprint density at radius 1 is 1.34 bits per heavy atom. The zero-order valence-electron chi connectivity index (χ0n) is 16.3. The van der Waals surface area contributed by atoms with Gasteiger partial charge in [-0.05, 0) is 56.4 Å². The van der Waals surface area contributed by atoms with Gasteiger partial charge in [-0.3, -0.25) is 9.48 Å². The van der Waals surface area contributed by atoms with Gasteiger partial charge in [-0.15, -0.1) is 11.3 Å². The fourth-order valence-corrected chi connectivity index (χ4v) is 4.35.